The first-order valence-corrected chi connectivity index (χ1v) is 14.6. The van der Waals surface area contributed by atoms with Crippen molar-refractivity contribution >= 4 is 34.8 Å². The standard InChI is InChI=1S/C32H36F2N6O4/c33-22-14-21(15-23(34)17-22)13-20-1-4-28(35)27(16-20)31(36)38-32(43)26-3-2-25(18-29(26)37-24-5-11-44-12-6-24)40-9-7-39(8-10-40)19-30(41)42/h1-4,14-18,24,37H,5-13,19,35H2,(H,41,42)(H2,36,38,43)/p+1. The second kappa shape index (κ2) is 13.8. The van der Waals surface area contributed by atoms with Crippen LogP contribution in [0.5, 0.6) is 0 Å². The van der Waals surface area contributed by atoms with Gasteiger partial charge in [-0.05, 0) is 72.9 Å². The molecule has 44 heavy (non-hydrogen) atoms. The Morgan fingerprint density at radius 3 is 2.32 bits per heavy atom. The van der Waals surface area contributed by atoms with Gasteiger partial charge in [-0.1, -0.05) is 6.07 Å². The fourth-order valence-corrected chi connectivity index (χ4v) is 5.62. The Hall–Kier alpha value is -4.55. The van der Waals surface area contributed by atoms with Crippen molar-refractivity contribution in [3.8, 4) is 0 Å². The lowest BCUT2D eigenvalue weighted by Gasteiger charge is -2.35. The third-order valence-corrected chi connectivity index (χ3v) is 7.91. The lowest BCUT2D eigenvalue weighted by molar-refractivity contribution is -0.138. The maximum atomic E-state index is 13.7. The van der Waals surface area contributed by atoms with Crippen LogP contribution in [0.2, 0.25) is 0 Å². The third-order valence-electron chi connectivity index (χ3n) is 7.91. The Morgan fingerprint density at radius 2 is 1.64 bits per heavy atom. The molecular weight excluding hydrogens is 570 g/mol. The summed E-state index contributed by atoms with van der Waals surface area (Å²) >= 11 is 0. The predicted molar refractivity (Wildman–Crippen MR) is 164 cm³/mol. The first-order valence-electron chi connectivity index (χ1n) is 14.6. The lowest BCUT2D eigenvalue weighted by atomic mass is 10.0. The van der Waals surface area contributed by atoms with Crippen LogP contribution in [0, 0.1) is 11.6 Å². The normalized spacial score (nSPS) is 16.0. The number of nitrogens with zero attached hydrogens (tertiary/aromatic N) is 2. The summed E-state index contributed by atoms with van der Waals surface area (Å²) in [5, 5.41) is 21.8. The number of halogens is 2. The number of aliphatic carboxylic acids is 1. The summed E-state index contributed by atoms with van der Waals surface area (Å²) in [5.41, 5.74) is 10.1. The SMILES string of the molecule is Nc1ccc(Cc2cc(F)cc(F)c2)cc1C(=[NH2+])NC(=O)c1ccc(N2CCN(CC(=O)O)CC2)cc1NC1CCOCC1. The van der Waals surface area contributed by atoms with Gasteiger partial charge in [0.25, 0.3) is 5.84 Å². The van der Waals surface area contributed by atoms with Gasteiger partial charge in [-0.2, -0.15) is 0 Å². The number of hydrogen-bond acceptors (Lipinski definition) is 7. The van der Waals surface area contributed by atoms with Crippen molar-refractivity contribution in [2.24, 2.45) is 0 Å². The third kappa shape index (κ3) is 7.88. The molecule has 0 saturated carbocycles. The van der Waals surface area contributed by atoms with E-state index in [4.69, 9.17) is 21.0 Å². The molecule has 12 heteroatoms. The molecular formula is C32H37F2N6O4+. The minimum absolute atomic E-state index is 0.0121. The van der Waals surface area contributed by atoms with Crippen molar-refractivity contribution in [3.63, 3.8) is 0 Å². The molecule has 2 aliphatic heterocycles. The fraction of sp³-hybridized carbons (Fsp3) is 0.344. The summed E-state index contributed by atoms with van der Waals surface area (Å²) < 4.78 is 32.9. The number of anilines is 3. The summed E-state index contributed by atoms with van der Waals surface area (Å²) in [7, 11) is 0. The van der Waals surface area contributed by atoms with E-state index in [0.29, 0.717) is 73.0 Å². The van der Waals surface area contributed by atoms with E-state index in [1.165, 1.54) is 12.1 Å². The smallest absolute Gasteiger partial charge is 0.341 e. The summed E-state index contributed by atoms with van der Waals surface area (Å²) in [6.45, 7) is 3.83. The molecule has 232 valence electrons. The zero-order chi connectivity index (χ0) is 31.2. The first kappa shape index (κ1) is 30.9. The summed E-state index contributed by atoms with van der Waals surface area (Å²) in [6.07, 6.45) is 1.84. The Bertz CT molecular complexity index is 1520. The maximum Gasteiger partial charge on any atom is 0.341 e. The Kier molecular flexibility index (Phi) is 9.71. The minimum Gasteiger partial charge on any atom is -0.480 e. The van der Waals surface area contributed by atoms with Crippen molar-refractivity contribution in [2.45, 2.75) is 25.3 Å². The van der Waals surface area contributed by atoms with E-state index < -0.39 is 23.5 Å². The van der Waals surface area contributed by atoms with E-state index in [1.807, 2.05) is 17.0 Å². The molecule has 2 saturated heterocycles. The Labute approximate surface area is 254 Å². The highest BCUT2D eigenvalue weighted by atomic mass is 19.1. The molecule has 0 bridgehead atoms. The van der Waals surface area contributed by atoms with Crippen LogP contribution < -0.4 is 26.7 Å². The number of piperazine rings is 1. The molecule has 2 fully saturated rings. The van der Waals surface area contributed by atoms with Gasteiger partial charge in [0.2, 0.25) is 0 Å². The van der Waals surface area contributed by atoms with Gasteiger partial charge in [0.1, 0.15) is 11.6 Å². The number of benzene rings is 3. The lowest BCUT2D eigenvalue weighted by Crippen LogP contribution is -2.52. The van der Waals surface area contributed by atoms with E-state index in [0.717, 1.165) is 24.6 Å². The summed E-state index contributed by atoms with van der Waals surface area (Å²) in [5.74, 6) is -2.54. The van der Waals surface area contributed by atoms with E-state index in [1.54, 1.807) is 24.3 Å². The van der Waals surface area contributed by atoms with Crippen molar-refractivity contribution in [2.75, 3.05) is 61.9 Å². The van der Waals surface area contributed by atoms with Gasteiger partial charge >= 0.3 is 11.9 Å². The first-order chi connectivity index (χ1) is 21.1. The van der Waals surface area contributed by atoms with Gasteiger partial charge in [0, 0.05) is 62.9 Å². The molecule has 7 N–H and O–H groups in total. The van der Waals surface area contributed by atoms with Gasteiger partial charge in [0.15, 0.2) is 0 Å². The molecule has 5 rings (SSSR count). The molecule has 2 aliphatic rings. The van der Waals surface area contributed by atoms with Gasteiger partial charge in [-0.15, -0.1) is 0 Å². The molecule has 3 aromatic carbocycles. The summed E-state index contributed by atoms with van der Waals surface area (Å²) in [6, 6.07) is 14.1. The van der Waals surface area contributed by atoms with Gasteiger partial charge in [-0.3, -0.25) is 15.1 Å². The van der Waals surface area contributed by atoms with Crippen LogP contribution in [0.1, 0.15) is 39.9 Å². The van der Waals surface area contributed by atoms with Crippen LogP contribution in [0.3, 0.4) is 0 Å². The molecule has 0 atom stereocenters. The molecule has 10 nitrogen and oxygen atoms in total. The number of carboxylic acid groups (broad SMARTS) is 1. The molecule has 0 aromatic heterocycles. The highest BCUT2D eigenvalue weighted by molar-refractivity contribution is 6.14. The molecule has 0 radical (unpaired) electrons. The molecule has 0 spiro atoms. The van der Waals surface area contributed by atoms with Crippen molar-refractivity contribution in [1.82, 2.24) is 10.2 Å². The number of nitrogens with two attached hydrogens (primary N) is 2. The van der Waals surface area contributed by atoms with E-state index >= 15 is 0 Å². The number of amidine groups is 1. The number of carbonyl (C=O) groups excluding carboxylic acids is 1. The molecule has 3 aromatic rings. The number of nitrogens with one attached hydrogen (secondary N) is 2. The quantitative estimate of drug-likeness (QED) is 0.141. The van der Waals surface area contributed by atoms with Gasteiger partial charge in [-0.25, -0.2) is 18.9 Å². The topological polar surface area (TPSA) is 146 Å². The highest BCUT2D eigenvalue weighted by Gasteiger charge is 2.25. The minimum atomic E-state index is -0.844. The number of amides is 1. The van der Waals surface area contributed by atoms with Crippen LogP contribution in [0.25, 0.3) is 0 Å². The predicted octanol–water partition coefficient (Wildman–Crippen LogP) is 1.87. The van der Waals surface area contributed by atoms with Crippen molar-refractivity contribution in [1.29, 1.82) is 0 Å². The molecule has 0 unspecified atom stereocenters. The number of carbonyl (C=O) groups is 2. The van der Waals surface area contributed by atoms with Gasteiger partial charge in [0.05, 0.1) is 23.4 Å². The van der Waals surface area contributed by atoms with Crippen LogP contribution in [-0.4, -0.2) is 79.7 Å². The Morgan fingerprint density at radius 1 is 0.932 bits per heavy atom. The van der Waals surface area contributed by atoms with Crippen molar-refractivity contribution < 1.29 is 33.6 Å². The number of rotatable bonds is 9. The average Bonchev–Trinajstić information content (AvgIpc) is 2.98. The number of nitrogen functional groups attached to an aromatic ring is 1. The average molecular weight is 608 g/mol. The van der Waals surface area contributed by atoms with E-state index in [2.05, 4.69) is 15.5 Å². The van der Waals surface area contributed by atoms with Crippen molar-refractivity contribution in [3.05, 3.63) is 88.5 Å². The van der Waals surface area contributed by atoms with Gasteiger partial charge < -0.3 is 25.8 Å². The van der Waals surface area contributed by atoms with Crippen LogP contribution in [0.4, 0.5) is 25.8 Å². The Balaban J connectivity index is 1.33. The summed E-state index contributed by atoms with van der Waals surface area (Å²) in [4.78, 5) is 28.8. The number of hydrogen-bond donors (Lipinski definition) is 5. The molecule has 1 amide bonds. The molecule has 0 aliphatic carbocycles. The number of carboxylic acids is 1. The number of ether oxygens (including phenoxy) is 1. The zero-order valence-electron chi connectivity index (χ0n) is 24.3. The molecule has 2 heterocycles. The van der Waals surface area contributed by atoms with Crippen LogP contribution in [-0.2, 0) is 16.0 Å². The maximum absolute atomic E-state index is 13.7. The van der Waals surface area contributed by atoms with E-state index in [-0.39, 0.29) is 24.8 Å². The second-order valence-corrected chi connectivity index (χ2v) is 11.2. The van der Waals surface area contributed by atoms with Crippen LogP contribution >= 0.6 is 0 Å². The highest BCUT2D eigenvalue weighted by Crippen LogP contribution is 2.27. The monoisotopic (exact) mass is 607 g/mol. The van der Waals surface area contributed by atoms with E-state index in [9.17, 15) is 18.4 Å². The fourth-order valence-electron chi connectivity index (χ4n) is 5.62. The second-order valence-electron chi connectivity index (χ2n) is 11.2. The zero-order valence-corrected chi connectivity index (χ0v) is 24.3. The van der Waals surface area contributed by atoms with Crippen LogP contribution in [0.15, 0.2) is 54.6 Å². The largest absolute Gasteiger partial charge is 0.480 e.